The standard InChI is InChI=1S/2ClH.2Hg.Zn/h2*1H;;;/q;;2*+1;/p-2. The van der Waals surface area contributed by atoms with Gasteiger partial charge in [-0.1, -0.05) is 0 Å². The maximum Gasteiger partial charge on any atom is 0 e. The molecular formula is Cl2Hg2Zn. The molecule has 0 aliphatic carbocycles. The fourth-order valence-electron chi connectivity index (χ4n) is 0. The number of halogens is 2. The molecule has 20 valence electrons. The molecule has 0 aromatic rings. The van der Waals surface area contributed by atoms with E-state index in [4.69, 9.17) is 16.5 Å². The summed E-state index contributed by atoms with van der Waals surface area (Å²) in [7, 11) is 9.67. The predicted octanol–water partition coefficient (Wildman–Crippen LogP) is 1.37. The summed E-state index contributed by atoms with van der Waals surface area (Å²) < 4.78 is 0. The zero-order valence-electron chi connectivity index (χ0n) is 2.88. The van der Waals surface area contributed by atoms with E-state index in [0.717, 1.165) is 0 Å². The molecule has 0 saturated carbocycles. The molecule has 0 rings (SSSR count). The van der Waals surface area contributed by atoms with Gasteiger partial charge >= 0.3 is 66.3 Å². The minimum Gasteiger partial charge on any atom is 0 e. The molecule has 0 aliphatic rings. The van der Waals surface area contributed by atoms with Gasteiger partial charge in [-0.25, -0.2) is 0 Å². The fraction of sp³-hybridized carbons (Fsp3) is 0. The molecule has 5 heteroatoms. The van der Waals surface area contributed by atoms with Gasteiger partial charge in [-0.3, -0.25) is 0 Å². The predicted molar refractivity (Wildman–Crippen MR) is 11.7 cm³/mol. The Kier molecular flexibility index (Phi) is 86.7. The Morgan fingerprint density at radius 1 is 0.800 bits per heavy atom. The molecule has 0 bridgehead atoms. The van der Waals surface area contributed by atoms with Crippen LogP contribution in [0.3, 0.4) is 0 Å². The Labute approximate surface area is 83.9 Å². The summed E-state index contributed by atoms with van der Waals surface area (Å²) in [6.45, 7) is 0. The summed E-state index contributed by atoms with van der Waals surface area (Å²) in [6, 6.07) is 0. The largest absolute Gasteiger partial charge is 0 e. The molecule has 0 aromatic carbocycles. The van der Waals surface area contributed by atoms with Gasteiger partial charge in [-0.05, 0) is 0 Å². The molecule has 0 fully saturated rings. The molecule has 0 aromatic heterocycles. The fourth-order valence-corrected chi connectivity index (χ4v) is 0. The molecule has 5 heavy (non-hydrogen) atoms. The quantitative estimate of drug-likeness (QED) is 0.410. The van der Waals surface area contributed by atoms with Crippen LogP contribution >= 0.6 is 16.5 Å². The van der Waals surface area contributed by atoms with E-state index >= 15 is 0 Å². The summed E-state index contributed by atoms with van der Waals surface area (Å²) in [5.74, 6) is 0. The van der Waals surface area contributed by atoms with E-state index in [1.165, 1.54) is 0 Å². The Balaban J connectivity index is -0.0000000133. The van der Waals surface area contributed by atoms with Gasteiger partial charge in [-0.15, -0.1) is 0 Å². The molecule has 0 radical (unpaired) electrons. The Bertz CT molecular complexity index is 7.61. The van der Waals surface area contributed by atoms with Crippen molar-refractivity contribution in [2.75, 3.05) is 0 Å². The first-order chi connectivity index (χ1) is 2.00. The topological polar surface area (TPSA) is 0 Å². The van der Waals surface area contributed by atoms with Crippen LogP contribution in [-0.4, -0.2) is 0 Å². The summed E-state index contributed by atoms with van der Waals surface area (Å²) in [5, 5.41) is 0. The number of rotatable bonds is 0. The van der Waals surface area contributed by atoms with Crippen molar-refractivity contribution in [3.8, 4) is 0 Å². The van der Waals surface area contributed by atoms with Crippen LogP contribution in [0.4, 0.5) is 0 Å². The van der Waals surface area contributed by atoms with Crippen molar-refractivity contribution in [2.24, 2.45) is 0 Å². The van der Waals surface area contributed by atoms with Gasteiger partial charge in [0.25, 0.3) is 0 Å². The van der Waals surface area contributed by atoms with Crippen LogP contribution in [0.2, 0.25) is 0 Å². The van der Waals surface area contributed by atoms with Crippen LogP contribution in [0.1, 0.15) is 0 Å². The van der Waals surface area contributed by atoms with E-state index in [0.29, 0.717) is 49.8 Å². The minimum atomic E-state index is 0. The molecule has 0 amide bonds. The van der Waals surface area contributed by atoms with Crippen molar-refractivity contribution in [3.63, 3.8) is 0 Å². The maximum atomic E-state index is 4.83. The van der Waals surface area contributed by atoms with Crippen LogP contribution in [0.15, 0.2) is 0 Å². The van der Waals surface area contributed by atoms with Crippen molar-refractivity contribution in [3.05, 3.63) is 0 Å². The molecule has 0 heterocycles. The normalized spacial score (nSPS) is 2.80. The monoisotopic (exact) mass is 538 g/mol. The van der Waals surface area contributed by atoms with Crippen LogP contribution in [0.25, 0.3) is 0 Å². The third-order valence-electron chi connectivity index (χ3n) is 0. The van der Waals surface area contributed by atoms with Crippen LogP contribution in [-0.2, 0) is 69.3 Å². The Hall–Kier alpha value is 3.07. The first-order valence-electron chi connectivity index (χ1n) is 0.535. The zero-order valence-corrected chi connectivity index (χ0v) is 18.4. The second kappa shape index (κ2) is 27.6. The molecular weight excluding hydrogens is 537 g/mol. The van der Waals surface area contributed by atoms with Crippen LogP contribution < -0.4 is 0 Å². The van der Waals surface area contributed by atoms with Gasteiger partial charge in [-0.2, -0.15) is 0 Å². The molecule has 0 spiro atoms. The second-order valence-corrected chi connectivity index (χ2v) is 0. The van der Waals surface area contributed by atoms with Crippen LogP contribution in [0, 0.1) is 0 Å². The molecule has 0 atom stereocenters. The van der Waals surface area contributed by atoms with Crippen LogP contribution in [0.5, 0.6) is 0 Å². The summed E-state index contributed by atoms with van der Waals surface area (Å²) in [6.07, 6.45) is 0. The average molecular weight is 537 g/mol. The summed E-state index contributed by atoms with van der Waals surface area (Å²) in [4.78, 5) is 0. The van der Waals surface area contributed by atoms with E-state index < -0.39 is 0 Å². The van der Waals surface area contributed by atoms with Gasteiger partial charge in [0.2, 0.25) is 0 Å². The van der Waals surface area contributed by atoms with E-state index in [2.05, 4.69) is 0 Å². The van der Waals surface area contributed by atoms with Crippen molar-refractivity contribution in [1.29, 1.82) is 0 Å². The van der Waals surface area contributed by atoms with Gasteiger partial charge < -0.3 is 0 Å². The van der Waals surface area contributed by atoms with Crippen molar-refractivity contribution < 1.29 is 69.3 Å². The first-order valence-corrected chi connectivity index (χ1v) is 14.1. The van der Waals surface area contributed by atoms with Gasteiger partial charge in [0.1, 0.15) is 0 Å². The summed E-state index contributed by atoms with van der Waals surface area (Å²) in [5.41, 5.74) is 0. The number of hydrogen-bond donors (Lipinski definition) is 0. The first kappa shape index (κ1) is 15.7. The van der Waals surface area contributed by atoms with Gasteiger partial charge in [0.15, 0.2) is 0 Å². The van der Waals surface area contributed by atoms with Gasteiger partial charge in [0.05, 0.1) is 0 Å². The minimum absolute atomic E-state index is 0. The van der Waals surface area contributed by atoms with E-state index in [1.807, 2.05) is 0 Å². The second-order valence-electron chi connectivity index (χ2n) is 0. The summed E-state index contributed by atoms with van der Waals surface area (Å²) >= 11 is 1.00. The molecule has 0 N–H and O–H groups in total. The molecule has 0 nitrogen and oxygen atoms in total. The Morgan fingerprint density at radius 3 is 0.800 bits per heavy atom. The van der Waals surface area contributed by atoms with E-state index in [9.17, 15) is 0 Å². The molecule has 0 saturated heterocycles. The molecule has 0 aliphatic heterocycles. The van der Waals surface area contributed by atoms with Crippen molar-refractivity contribution in [1.82, 2.24) is 0 Å². The Morgan fingerprint density at radius 2 is 0.800 bits per heavy atom. The third kappa shape index (κ3) is 19.3. The van der Waals surface area contributed by atoms with Crippen molar-refractivity contribution >= 4 is 16.5 Å². The smallest absolute Gasteiger partial charge is 0 e. The number of hydrogen-bond acceptors (Lipinski definition) is 0. The van der Waals surface area contributed by atoms with E-state index in [1.54, 1.807) is 0 Å². The maximum absolute atomic E-state index is 4.83. The van der Waals surface area contributed by atoms with Gasteiger partial charge in [0, 0.05) is 19.5 Å². The third-order valence-corrected chi connectivity index (χ3v) is 0. The average Bonchev–Trinajstić information content (AvgIpc) is 1.50. The van der Waals surface area contributed by atoms with Crippen molar-refractivity contribution in [2.45, 2.75) is 0 Å². The SMILES string of the molecule is [Cl][Hg].[Cl][Hg].[Zn]. The zero-order chi connectivity index (χ0) is 4.00. The van der Waals surface area contributed by atoms with E-state index in [-0.39, 0.29) is 19.5 Å². The molecule has 0 unspecified atom stereocenters.